The molecule has 2 nitrogen and oxygen atoms in total. The molecule has 1 aromatic rings. The first-order chi connectivity index (χ1) is 7.69. The van der Waals surface area contributed by atoms with Gasteiger partial charge in [0, 0.05) is 17.5 Å². The van der Waals surface area contributed by atoms with Crippen LogP contribution in [-0.2, 0) is 0 Å². The Hall–Kier alpha value is 0.1000. The summed E-state index contributed by atoms with van der Waals surface area (Å²) in [5, 5.41) is 3.69. The first kappa shape index (κ1) is 12.6. The lowest BCUT2D eigenvalue weighted by Crippen LogP contribution is -2.34. The van der Waals surface area contributed by atoms with E-state index in [0.717, 1.165) is 5.92 Å². The maximum Gasteiger partial charge on any atom is 0.0702 e. The molecule has 0 aromatic carbocycles. The molecule has 3 N–H and O–H groups in total. The molecular weight excluding hydrogens is 284 g/mol. The van der Waals surface area contributed by atoms with Crippen LogP contribution in [0.25, 0.3) is 0 Å². The zero-order chi connectivity index (χ0) is 11.5. The van der Waals surface area contributed by atoms with Crippen molar-refractivity contribution in [3.05, 3.63) is 20.8 Å². The minimum absolute atomic E-state index is 0.326. The minimum atomic E-state index is 0.326. The number of halogens is 1. The first-order valence-corrected chi connectivity index (χ1v) is 7.51. The molecule has 0 saturated heterocycles. The summed E-state index contributed by atoms with van der Waals surface area (Å²) in [5.74, 6) is 0.867. The molecule has 16 heavy (non-hydrogen) atoms. The van der Waals surface area contributed by atoms with Crippen molar-refractivity contribution < 1.29 is 0 Å². The summed E-state index contributed by atoms with van der Waals surface area (Å²) in [6.45, 7) is 3.01. The third-order valence-corrected chi connectivity index (χ3v) is 5.04. The minimum Gasteiger partial charge on any atom is -0.329 e. The molecule has 1 aliphatic carbocycles. The molecule has 90 valence electrons. The van der Waals surface area contributed by atoms with Crippen LogP contribution in [-0.4, -0.2) is 12.6 Å². The van der Waals surface area contributed by atoms with E-state index in [1.54, 1.807) is 11.3 Å². The van der Waals surface area contributed by atoms with Crippen LogP contribution < -0.4 is 11.1 Å². The van der Waals surface area contributed by atoms with E-state index in [0.29, 0.717) is 18.6 Å². The second-order valence-corrected chi connectivity index (χ2v) is 7.21. The SMILES string of the molecule is CC1CCC(NC(CN)c2ccc(Br)s2)C1. The fourth-order valence-electron chi connectivity index (χ4n) is 2.42. The zero-order valence-corrected chi connectivity index (χ0v) is 12.0. The molecule has 0 amide bonds. The number of thiophene rings is 1. The van der Waals surface area contributed by atoms with E-state index in [-0.39, 0.29) is 0 Å². The monoisotopic (exact) mass is 302 g/mol. The van der Waals surface area contributed by atoms with Gasteiger partial charge in [-0.05, 0) is 53.2 Å². The summed E-state index contributed by atoms with van der Waals surface area (Å²) in [6, 6.07) is 5.25. The van der Waals surface area contributed by atoms with E-state index < -0.39 is 0 Å². The van der Waals surface area contributed by atoms with Crippen LogP contribution in [0.3, 0.4) is 0 Å². The van der Waals surface area contributed by atoms with Crippen molar-refractivity contribution in [3.8, 4) is 0 Å². The molecule has 0 bridgehead atoms. The average Bonchev–Trinajstić information content (AvgIpc) is 2.84. The van der Waals surface area contributed by atoms with E-state index in [1.165, 1.54) is 27.9 Å². The highest BCUT2D eigenvalue weighted by Crippen LogP contribution is 2.30. The van der Waals surface area contributed by atoms with Crippen molar-refractivity contribution in [3.63, 3.8) is 0 Å². The van der Waals surface area contributed by atoms with Crippen LogP contribution in [0.4, 0.5) is 0 Å². The normalized spacial score (nSPS) is 27.2. The lowest BCUT2D eigenvalue weighted by atomic mass is 10.1. The predicted molar refractivity (Wildman–Crippen MR) is 73.8 cm³/mol. The quantitative estimate of drug-likeness (QED) is 0.896. The Morgan fingerprint density at radius 2 is 2.38 bits per heavy atom. The molecular formula is C12H19BrN2S. The zero-order valence-electron chi connectivity index (χ0n) is 9.58. The summed E-state index contributed by atoms with van der Waals surface area (Å²) in [7, 11) is 0. The van der Waals surface area contributed by atoms with Crippen molar-refractivity contribution in [2.45, 2.75) is 38.3 Å². The van der Waals surface area contributed by atoms with Gasteiger partial charge in [0.25, 0.3) is 0 Å². The predicted octanol–water partition coefficient (Wildman–Crippen LogP) is 3.29. The fraction of sp³-hybridized carbons (Fsp3) is 0.667. The largest absolute Gasteiger partial charge is 0.329 e. The standard InChI is InChI=1S/C12H19BrN2S/c1-8-2-3-9(6-8)15-10(7-14)11-4-5-12(13)16-11/h4-5,8-10,15H,2-3,6-7,14H2,1H3. The Labute approximate surface area is 110 Å². The number of hydrogen-bond donors (Lipinski definition) is 2. The summed E-state index contributed by atoms with van der Waals surface area (Å²) in [4.78, 5) is 1.34. The molecule has 3 atom stereocenters. The van der Waals surface area contributed by atoms with Gasteiger partial charge >= 0.3 is 0 Å². The second kappa shape index (κ2) is 5.63. The Bertz CT molecular complexity index is 340. The molecule has 1 aliphatic rings. The first-order valence-electron chi connectivity index (χ1n) is 5.90. The van der Waals surface area contributed by atoms with Gasteiger partial charge in [-0.1, -0.05) is 6.92 Å². The van der Waals surface area contributed by atoms with Crippen LogP contribution in [0.15, 0.2) is 15.9 Å². The molecule has 0 spiro atoms. The fourth-order valence-corrected chi connectivity index (χ4v) is 3.92. The van der Waals surface area contributed by atoms with Gasteiger partial charge in [-0.3, -0.25) is 0 Å². The van der Waals surface area contributed by atoms with Crippen LogP contribution >= 0.6 is 27.3 Å². The average molecular weight is 303 g/mol. The molecule has 1 aromatic heterocycles. The molecule has 1 fully saturated rings. The van der Waals surface area contributed by atoms with Crippen LogP contribution in [0.5, 0.6) is 0 Å². The van der Waals surface area contributed by atoms with E-state index in [2.05, 4.69) is 40.3 Å². The van der Waals surface area contributed by atoms with Crippen molar-refractivity contribution in [2.24, 2.45) is 11.7 Å². The smallest absolute Gasteiger partial charge is 0.0702 e. The molecule has 4 heteroatoms. The lowest BCUT2D eigenvalue weighted by Gasteiger charge is -2.20. The number of rotatable bonds is 4. The van der Waals surface area contributed by atoms with Gasteiger partial charge in [-0.25, -0.2) is 0 Å². The molecule has 1 heterocycles. The second-order valence-electron chi connectivity index (χ2n) is 4.71. The number of nitrogens with one attached hydrogen (secondary N) is 1. The Morgan fingerprint density at radius 3 is 2.88 bits per heavy atom. The molecule has 0 radical (unpaired) electrons. The Balaban J connectivity index is 1.95. The summed E-state index contributed by atoms with van der Waals surface area (Å²) in [5.41, 5.74) is 5.86. The molecule has 2 rings (SSSR count). The Morgan fingerprint density at radius 1 is 1.56 bits per heavy atom. The maximum atomic E-state index is 5.86. The van der Waals surface area contributed by atoms with E-state index in [9.17, 15) is 0 Å². The summed E-state index contributed by atoms with van der Waals surface area (Å²) in [6.07, 6.45) is 3.94. The molecule has 3 unspecified atom stereocenters. The van der Waals surface area contributed by atoms with Crippen molar-refractivity contribution in [1.82, 2.24) is 5.32 Å². The highest BCUT2D eigenvalue weighted by Gasteiger charge is 2.24. The summed E-state index contributed by atoms with van der Waals surface area (Å²) < 4.78 is 1.18. The van der Waals surface area contributed by atoms with Gasteiger partial charge in [0.05, 0.1) is 9.83 Å². The van der Waals surface area contributed by atoms with Crippen LogP contribution in [0.1, 0.15) is 37.1 Å². The van der Waals surface area contributed by atoms with Crippen molar-refractivity contribution in [2.75, 3.05) is 6.54 Å². The van der Waals surface area contributed by atoms with Gasteiger partial charge in [-0.15, -0.1) is 11.3 Å². The highest BCUT2D eigenvalue weighted by molar-refractivity contribution is 9.11. The lowest BCUT2D eigenvalue weighted by molar-refractivity contribution is 0.438. The molecule has 1 saturated carbocycles. The Kier molecular flexibility index (Phi) is 4.41. The third-order valence-electron chi connectivity index (χ3n) is 3.30. The van der Waals surface area contributed by atoms with E-state index >= 15 is 0 Å². The van der Waals surface area contributed by atoms with Gasteiger partial charge in [0.2, 0.25) is 0 Å². The van der Waals surface area contributed by atoms with Crippen molar-refractivity contribution >= 4 is 27.3 Å². The van der Waals surface area contributed by atoms with Gasteiger partial charge < -0.3 is 11.1 Å². The number of hydrogen-bond acceptors (Lipinski definition) is 3. The topological polar surface area (TPSA) is 38.0 Å². The number of nitrogens with two attached hydrogens (primary N) is 1. The third kappa shape index (κ3) is 3.06. The van der Waals surface area contributed by atoms with E-state index in [1.807, 2.05) is 0 Å². The van der Waals surface area contributed by atoms with Crippen LogP contribution in [0.2, 0.25) is 0 Å². The van der Waals surface area contributed by atoms with Crippen LogP contribution in [0, 0.1) is 5.92 Å². The van der Waals surface area contributed by atoms with E-state index in [4.69, 9.17) is 5.73 Å². The van der Waals surface area contributed by atoms with Gasteiger partial charge in [0.1, 0.15) is 0 Å². The summed E-state index contributed by atoms with van der Waals surface area (Å²) >= 11 is 5.28. The highest BCUT2D eigenvalue weighted by atomic mass is 79.9. The van der Waals surface area contributed by atoms with Gasteiger partial charge in [-0.2, -0.15) is 0 Å². The maximum absolute atomic E-state index is 5.86. The molecule has 0 aliphatic heterocycles. The van der Waals surface area contributed by atoms with Gasteiger partial charge in [0.15, 0.2) is 0 Å². The van der Waals surface area contributed by atoms with Crippen molar-refractivity contribution in [1.29, 1.82) is 0 Å².